The van der Waals surface area contributed by atoms with Crippen LogP contribution in [0.25, 0.3) is 0 Å². The molecular formula is C8H10BrN3O. The van der Waals surface area contributed by atoms with E-state index in [-0.39, 0.29) is 5.91 Å². The third-order valence-corrected chi connectivity index (χ3v) is 2.01. The summed E-state index contributed by atoms with van der Waals surface area (Å²) in [4.78, 5) is 15.4. The van der Waals surface area contributed by atoms with Gasteiger partial charge in [-0.3, -0.25) is 4.79 Å². The summed E-state index contributed by atoms with van der Waals surface area (Å²) in [6, 6.07) is 3.57. The molecule has 0 atom stereocenters. The monoisotopic (exact) mass is 243 g/mol. The molecule has 0 aliphatic carbocycles. The largest absolute Gasteiger partial charge is 0.386 e. The standard InChI is InChI=1S/C8H10BrN3O/c1-10-5-3-4-6(9)12-7(5)8(13)11-2/h3-4,10H,1-2H3,(H,11,13). The Morgan fingerprint density at radius 1 is 1.46 bits per heavy atom. The van der Waals surface area contributed by atoms with Crippen LogP contribution in [0.3, 0.4) is 0 Å². The molecule has 0 radical (unpaired) electrons. The molecule has 1 amide bonds. The third-order valence-electron chi connectivity index (χ3n) is 1.57. The van der Waals surface area contributed by atoms with Gasteiger partial charge in [0.2, 0.25) is 0 Å². The molecule has 1 aromatic heterocycles. The molecule has 0 bridgehead atoms. The van der Waals surface area contributed by atoms with Crippen LogP contribution >= 0.6 is 15.9 Å². The van der Waals surface area contributed by atoms with Crippen molar-refractivity contribution in [2.45, 2.75) is 0 Å². The van der Waals surface area contributed by atoms with Crippen LogP contribution in [0.5, 0.6) is 0 Å². The summed E-state index contributed by atoms with van der Waals surface area (Å²) in [6.07, 6.45) is 0. The molecule has 1 heterocycles. The van der Waals surface area contributed by atoms with Gasteiger partial charge in [0.15, 0.2) is 5.69 Å². The molecular weight excluding hydrogens is 234 g/mol. The van der Waals surface area contributed by atoms with Crippen molar-refractivity contribution in [1.82, 2.24) is 10.3 Å². The number of carbonyl (C=O) groups excluding carboxylic acids is 1. The first-order chi connectivity index (χ1) is 6.19. The van der Waals surface area contributed by atoms with Gasteiger partial charge >= 0.3 is 0 Å². The van der Waals surface area contributed by atoms with Gasteiger partial charge in [0.05, 0.1) is 5.69 Å². The lowest BCUT2D eigenvalue weighted by Gasteiger charge is -2.06. The van der Waals surface area contributed by atoms with Gasteiger partial charge in [-0.05, 0) is 28.1 Å². The Morgan fingerprint density at radius 3 is 2.69 bits per heavy atom. The quantitative estimate of drug-likeness (QED) is 0.769. The Labute approximate surface area is 84.9 Å². The highest BCUT2D eigenvalue weighted by atomic mass is 79.9. The maximum atomic E-state index is 11.3. The normalized spacial score (nSPS) is 9.46. The van der Waals surface area contributed by atoms with Crippen molar-refractivity contribution in [2.24, 2.45) is 0 Å². The van der Waals surface area contributed by atoms with E-state index in [2.05, 4.69) is 31.5 Å². The number of pyridine rings is 1. The average Bonchev–Trinajstić information content (AvgIpc) is 2.16. The van der Waals surface area contributed by atoms with Gasteiger partial charge in [-0.1, -0.05) is 0 Å². The topological polar surface area (TPSA) is 54.0 Å². The van der Waals surface area contributed by atoms with Crippen molar-refractivity contribution in [3.8, 4) is 0 Å². The molecule has 5 heteroatoms. The minimum Gasteiger partial charge on any atom is -0.386 e. The molecule has 1 aromatic rings. The maximum absolute atomic E-state index is 11.3. The van der Waals surface area contributed by atoms with Crippen molar-refractivity contribution in [3.63, 3.8) is 0 Å². The molecule has 0 fully saturated rings. The van der Waals surface area contributed by atoms with Crippen LogP contribution in [0.2, 0.25) is 0 Å². The van der Waals surface area contributed by atoms with Crippen LogP contribution < -0.4 is 10.6 Å². The Morgan fingerprint density at radius 2 is 2.15 bits per heavy atom. The predicted octanol–water partition coefficient (Wildman–Crippen LogP) is 1.25. The fraction of sp³-hybridized carbons (Fsp3) is 0.250. The van der Waals surface area contributed by atoms with Crippen molar-refractivity contribution in [2.75, 3.05) is 19.4 Å². The fourth-order valence-electron chi connectivity index (χ4n) is 0.929. The fourth-order valence-corrected chi connectivity index (χ4v) is 1.24. The summed E-state index contributed by atoms with van der Waals surface area (Å²) in [5.41, 5.74) is 1.10. The molecule has 13 heavy (non-hydrogen) atoms. The second kappa shape index (κ2) is 4.23. The molecule has 0 aromatic carbocycles. The van der Waals surface area contributed by atoms with Crippen LogP contribution in [0, 0.1) is 0 Å². The van der Waals surface area contributed by atoms with Gasteiger partial charge in [0.1, 0.15) is 4.60 Å². The Balaban J connectivity index is 3.15. The zero-order valence-corrected chi connectivity index (χ0v) is 8.97. The molecule has 0 aliphatic rings. The van der Waals surface area contributed by atoms with Crippen molar-refractivity contribution in [3.05, 3.63) is 22.4 Å². The molecule has 1 rings (SSSR count). The maximum Gasteiger partial charge on any atom is 0.271 e. The van der Waals surface area contributed by atoms with Gasteiger partial charge in [-0.15, -0.1) is 0 Å². The van der Waals surface area contributed by atoms with E-state index in [1.54, 1.807) is 26.2 Å². The lowest BCUT2D eigenvalue weighted by molar-refractivity contribution is 0.0959. The molecule has 2 N–H and O–H groups in total. The number of carbonyl (C=O) groups is 1. The average molecular weight is 244 g/mol. The Kier molecular flexibility index (Phi) is 3.25. The smallest absolute Gasteiger partial charge is 0.271 e. The number of nitrogens with one attached hydrogen (secondary N) is 2. The lowest BCUT2D eigenvalue weighted by Crippen LogP contribution is -2.20. The van der Waals surface area contributed by atoms with E-state index in [0.717, 1.165) is 0 Å². The second-order valence-electron chi connectivity index (χ2n) is 2.36. The molecule has 70 valence electrons. The number of halogens is 1. The summed E-state index contributed by atoms with van der Waals surface area (Å²) >= 11 is 3.20. The van der Waals surface area contributed by atoms with Gasteiger partial charge in [0.25, 0.3) is 5.91 Å². The lowest BCUT2D eigenvalue weighted by atomic mass is 10.3. The van der Waals surface area contributed by atoms with E-state index < -0.39 is 0 Å². The van der Waals surface area contributed by atoms with Crippen molar-refractivity contribution >= 4 is 27.5 Å². The molecule has 0 saturated carbocycles. The molecule has 0 unspecified atom stereocenters. The van der Waals surface area contributed by atoms with Crippen LogP contribution in [0.15, 0.2) is 16.7 Å². The van der Waals surface area contributed by atoms with Crippen LogP contribution in [-0.4, -0.2) is 25.0 Å². The summed E-state index contributed by atoms with van der Waals surface area (Å²) < 4.78 is 0.644. The molecule has 0 aliphatic heterocycles. The van der Waals surface area contributed by atoms with E-state index in [9.17, 15) is 4.79 Å². The summed E-state index contributed by atoms with van der Waals surface area (Å²) in [5.74, 6) is -0.203. The molecule has 4 nitrogen and oxygen atoms in total. The van der Waals surface area contributed by atoms with Gasteiger partial charge < -0.3 is 10.6 Å². The minimum atomic E-state index is -0.203. The van der Waals surface area contributed by atoms with Crippen LogP contribution in [-0.2, 0) is 0 Å². The predicted molar refractivity (Wildman–Crippen MR) is 54.9 cm³/mol. The zero-order valence-electron chi connectivity index (χ0n) is 7.39. The summed E-state index contributed by atoms with van der Waals surface area (Å²) in [7, 11) is 3.32. The Bertz CT molecular complexity index is 327. The van der Waals surface area contributed by atoms with Crippen LogP contribution in [0.1, 0.15) is 10.5 Å². The third kappa shape index (κ3) is 2.18. The first-order valence-corrected chi connectivity index (χ1v) is 4.54. The van der Waals surface area contributed by atoms with Gasteiger partial charge in [0, 0.05) is 14.1 Å². The summed E-state index contributed by atoms with van der Waals surface area (Å²) in [6.45, 7) is 0. The van der Waals surface area contributed by atoms with Crippen molar-refractivity contribution in [1.29, 1.82) is 0 Å². The number of aromatic nitrogens is 1. The number of rotatable bonds is 2. The summed E-state index contributed by atoms with van der Waals surface area (Å²) in [5, 5.41) is 5.41. The highest BCUT2D eigenvalue weighted by Crippen LogP contribution is 2.16. The van der Waals surface area contributed by atoms with E-state index in [4.69, 9.17) is 0 Å². The number of hydrogen-bond acceptors (Lipinski definition) is 3. The highest BCUT2D eigenvalue weighted by Gasteiger charge is 2.10. The number of nitrogens with zero attached hydrogens (tertiary/aromatic N) is 1. The number of hydrogen-bond donors (Lipinski definition) is 2. The molecule has 0 spiro atoms. The van der Waals surface area contributed by atoms with E-state index >= 15 is 0 Å². The van der Waals surface area contributed by atoms with Gasteiger partial charge in [-0.2, -0.15) is 0 Å². The second-order valence-corrected chi connectivity index (χ2v) is 3.17. The van der Waals surface area contributed by atoms with E-state index in [1.807, 2.05) is 0 Å². The Hall–Kier alpha value is -1.10. The van der Waals surface area contributed by atoms with Crippen molar-refractivity contribution < 1.29 is 4.79 Å². The number of amides is 1. The van der Waals surface area contributed by atoms with Gasteiger partial charge in [-0.25, -0.2) is 4.98 Å². The SMILES string of the molecule is CNC(=O)c1nc(Br)ccc1NC. The first kappa shape index (κ1) is 9.98. The zero-order chi connectivity index (χ0) is 9.84. The number of anilines is 1. The minimum absolute atomic E-state index is 0.203. The first-order valence-electron chi connectivity index (χ1n) is 3.75. The molecule has 0 saturated heterocycles. The highest BCUT2D eigenvalue weighted by molar-refractivity contribution is 9.10. The van der Waals surface area contributed by atoms with E-state index in [0.29, 0.717) is 16.0 Å². The van der Waals surface area contributed by atoms with E-state index in [1.165, 1.54) is 0 Å². The van der Waals surface area contributed by atoms with Crippen LogP contribution in [0.4, 0.5) is 5.69 Å².